The molecule has 0 saturated heterocycles. The monoisotopic (exact) mass is 298 g/mol. The summed E-state index contributed by atoms with van der Waals surface area (Å²) in [6.07, 6.45) is 0.926. The zero-order valence-corrected chi connectivity index (χ0v) is 12.7. The summed E-state index contributed by atoms with van der Waals surface area (Å²) in [6, 6.07) is 5.77. The van der Waals surface area contributed by atoms with E-state index in [0.29, 0.717) is 5.02 Å². The maximum absolute atomic E-state index is 12.1. The van der Waals surface area contributed by atoms with Crippen LogP contribution in [0.4, 0.5) is 0 Å². The van der Waals surface area contributed by atoms with Crippen LogP contribution in [0, 0.1) is 5.92 Å². The van der Waals surface area contributed by atoms with E-state index < -0.39 is 0 Å². The molecule has 1 aliphatic rings. The molecular weight excluding hydrogens is 280 g/mol. The lowest BCUT2D eigenvalue weighted by Crippen LogP contribution is -2.40. The molecular formula is C14H19ClN2OS. The van der Waals surface area contributed by atoms with Crippen molar-refractivity contribution in [3.8, 4) is 0 Å². The number of benzene rings is 1. The number of hydrogen-bond donors (Lipinski definition) is 2. The van der Waals surface area contributed by atoms with Crippen LogP contribution in [0.15, 0.2) is 23.1 Å². The number of rotatable bonds is 3. The molecule has 0 aromatic heterocycles. The van der Waals surface area contributed by atoms with Crippen molar-refractivity contribution in [1.29, 1.82) is 0 Å². The molecule has 0 spiro atoms. The Labute approximate surface area is 123 Å². The Morgan fingerprint density at radius 2 is 2.26 bits per heavy atom. The van der Waals surface area contributed by atoms with Crippen LogP contribution in [0.1, 0.15) is 31.9 Å². The van der Waals surface area contributed by atoms with Gasteiger partial charge in [-0.2, -0.15) is 0 Å². The van der Waals surface area contributed by atoms with E-state index in [4.69, 9.17) is 17.3 Å². The Morgan fingerprint density at radius 1 is 1.53 bits per heavy atom. The predicted molar refractivity (Wildman–Crippen MR) is 80.5 cm³/mol. The number of nitrogens with one attached hydrogen (secondary N) is 1. The van der Waals surface area contributed by atoms with Crippen molar-refractivity contribution in [2.75, 3.05) is 5.75 Å². The highest BCUT2D eigenvalue weighted by Crippen LogP contribution is 2.37. The van der Waals surface area contributed by atoms with Gasteiger partial charge in [0.25, 0.3) is 0 Å². The van der Waals surface area contributed by atoms with Crippen LogP contribution < -0.4 is 11.1 Å². The van der Waals surface area contributed by atoms with Crippen LogP contribution in [0.2, 0.25) is 5.02 Å². The maximum atomic E-state index is 12.1. The van der Waals surface area contributed by atoms with Gasteiger partial charge in [-0.25, -0.2) is 0 Å². The molecule has 3 unspecified atom stereocenters. The predicted octanol–water partition coefficient (Wildman–Crippen LogP) is 2.98. The fraction of sp³-hybridized carbons (Fsp3) is 0.500. The number of hydrogen-bond acceptors (Lipinski definition) is 3. The van der Waals surface area contributed by atoms with Crippen LogP contribution in [-0.2, 0) is 4.79 Å². The van der Waals surface area contributed by atoms with Gasteiger partial charge in [0.05, 0.1) is 6.04 Å². The van der Waals surface area contributed by atoms with Crippen molar-refractivity contribution in [2.24, 2.45) is 11.7 Å². The molecule has 5 heteroatoms. The lowest BCUT2D eigenvalue weighted by Gasteiger charge is -2.28. The fourth-order valence-electron chi connectivity index (χ4n) is 2.06. The second-order valence-electron chi connectivity index (χ2n) is 5.03. The highest BCUT2D eigenvalue weighted by atomic mass is 35.5. The fourth-order valence-corrected chi connectivity index (χ4v) is 3.34. The van der Waals surface area contributed by atoms with Gasteiger partial charge in [0.15, 0.2) is 0 Å². The smallest absolute Gasteiger partial charge is 0.224 e. The van der Waals surface area contributed by atoms with E-state index in [0.717, 1.165) is 17.7 Å². The average molecular weight is 299 g/mol. The summed E-state index contributed by atoms with van der Waals surface area (Å²) in [5.74, 6) is 0.835. The molecule has 3 nitrogen and oxygen atoms in total. The van der Waals surface area contributed by atoms with Gasteiger partial charge >= 0.3 is 0 Å². The highest BCUT2D eigenvalue weighted by molar-refractivity contribution is 7.99. The lowest BCUT2D eigenvalue weighted by molar-refractivity contribution is -0.125. The Bertz CT molecular complexity index is 479. The molecule has 2 rings (SSSR count). The molecule has 0 saturated carbocycles. The summed E-state index contributed by atoms with van der Waals surface area (Å²) in [4.78, 5) is 13.3. The summed E-state index contributed by atoms with van der Waals surface area (Å²) >= 11 is 7.86. The summed E-state index contributed by atoms with van der Waals surface area (Å²) in [7, 11) is 0. The summed E-state index contributed by atoms with van der Waals surface area (Å²) in [5.41, 5.74) is 6.89. The standard InChI is InChI=1S/C14H19ClN2OS/c1-8(9(2)16)14(18)17-12-5-6-19-13-4-3-10(15)7-11(12)13/h3-4,7-9,12H,5-6,16H2,1-2H3,(H,17,18). The van der Waals surface area contributed by atoms with Crippen molar-refractivity contribution >= 4 is 29.3 Å². The van der Waals surface area contributed by atoms with E-state index in [2.05, 4.69) is 5.32 Å². The first-order valence-electron chi connectivity index (χ1n) is 6.47. The minimum absolute atomic E-state index is 0.0119. The number of fused-ring (bicyclic) bond motifs is 1. The van der Waals surface area contributed by atoms with Gasteiger partial charge in [-0.3, -0.25) is 4.79 Å². The Balaban J connectivity index is 2.15. The number of thioether (sulfide) groups is 1. The Kier molecular flexibility index (Phi) is 4.76. The normalized spacial score (nSPS) is 21.4. The third-order valence-electron chi connectivity index (χ3n) is 3.53. The minimum atomic E-state index is -0.183. The molecule has 3 atom stereocenters. The molecule has 0 bridgehead atoms. The van der Waals surface area contributed by atoms with E-state index in [1.165, 1.54) is 4.90 Å². The first-order valence-corrected chi connectivity index (χ1v) is 7.83. The van der Waals surface area contributed by atoms with Crippen LogP contribution in [0.3, 0.4) is 0 Å². The van der Waals surface area contributed by atoms with Gasteiger partial charge in [-0.05, 0) is 37.1 Å². The highest BCUT2D eigenvalue weighted by Gasteiger charge is 2.25. The van der Waals surface area contributed by atoms with Gasteiger partial charge in [-0.1, -0.05) is 18.5 Å². The van der Waals surface area contributed by atoms with Crippen LogP contribution in [0.25, 0.3) is 0 Å². The van der Waals surface area contributed by atoms with Crippen molar-refractivity contribution in [3.05, 3.63) is 28.8 Å². The number of nitrogens with two attached hydrogens (primary N) is 1. The Hall–Kier alpha value is -0.710. The zero-order valence-electron chi connectivity index (χ0n) is 11.2. The van der Waals surface area contributed by atoms with Crippen molar-refractivity contribution < 1.29 is 4.79 Å². The summed E-state index contributed by atoms with van der Waals surface area (Å²) in [6.45, 7) is 3.71. The Morgan fingerprint density at radius 3 is 2.95 bits per heavy atom. The molecule has 1 aromatic rings. The van der Waals surface area contributed by atoms with Crippen LogP contribution in [0.5, 0.6) is 0 Å². The van der Waals surface area contributed by atoms with Crippen LogP contribution >= 0.6 is 23.4 Å². The third-order valence-corrected chi connectivity index (χ3v) is 4.89. The van der Waals surface area contributed by atoms with E-state index >= 15 is 0 Å². The molecule has 104 valence electrons. The van der Waals surface area contributed by atoms with Crippen molar-refractivity contribution in [2.45, 2.75) is 37.2 Å². The molecule has 1 amide bonds. The maximum Gasteiger partial charge on any atom is 0.224 e. The first-order chi connectivity index (χ1) is 8.99. The number of carbonyl (C=O) groups is 1. The zero-order chi connectivity index (χ0) is 14.0. The second kappa shape index (κ2) is 6.16. The van der Waals surface area contributed by atoms with E-state index in [1.807, 2.05) is 43.8 Å². The molecule has 3 N–H and O–H groups in total. The van der Waals surface area contributed by atoms with Gasteiger partial charge < -0.3 is 11.1 Å². The van der Waals surface area contributed by atoms with E-state index in [1.54, 1.807) is 0 Å². The van der Waals surface area contributed by atoms with E-state index in [-0.39, 0.29) is 23.9 Å². The number of halogens is 1. The van der Waals surface area contributed by atoms with Gasteiger partial charge in [-0.15, -0.1) is 11.8 Å². The van der Waals surface area contributed by atoms with Gasteiger partial charge in [0, 0.05) is 27.6 Å². The molecule has 1 heterocycles. The van der Waals surface area contributed by atoms with Gasteiger partial charge in [0.2, 0.25) is 5.91 Å². The lowest BCUT2D eigenvalue weighted by atomic mass is 10.00. The van der Waals surface area contributed by atoms with Crippen molar-refractivity contribution in [3.63, 3.8) is 0 Å². The summed E-state index contributed by atoms with van der Waals surface area (Å²) in [5, 5.41) is 3.80. The second-order valence-corrected chi connectivity index (χ2v) is 6.60. The van der Waals surface area contributed by atoms with Gasteiger partial charge in [0.1, 0.15) is 0 Å². The van der Waals surface area contributed by atoms with Crippen molar-refractivity contribution in [1.82, 2.24) is 5.32 Å². The largest absolute Gasteiger partial charge is 0.349 e. The quantitative estimate of drug-likeness (QED) is 0.902. The molecule has 1 aromatic carbocycles. The molecule has 0 aliphatic carbocycles. The summed E-state index contributed by atoms with van der Waals surface area (Å²) < 4.78 is 0. The third kappa shape index (κ3) is 3.44. The van der Waals surface area contributed by atoms with E-state index in [9.17, 15) is 4.79 Å². The first kappa shape index (κ1) is 14.7. The molecule has 19 heavy (non-hydrogen) atoms. The molecule has 0 radical (unpaired) electrons. The van der Waals surface area contributed by atoms with Crippen LogP contribution in [-0.4, -0.2) is 17.7 Å². The molecule has 1 aliphatic heterocycles. The minimum Gasteiger partial charge on any atom is -0.349 e. The average Bonchev–Trinajstić information content (AvgIpc) is 2.38. The number of carbonyl (C=O) groups excluding carboxylic acids is 1. The topological polar surface area (TPSA) is 55.1 Å². The number of amides is 1. The molecule has 0 fully saturated rings. The SMILES string of the molecule is CC(N)C(C)C(=O)NC1CCSc2ccc(Cl)cc21.